The van der Waals surface area contributed by atoms with Crippen molar-refractivity contribution in [1.82, 2.24) is 5.16 Å². The van der Waals surface area contributed by atoms with Gasteiger partial charge in [0.1, 0.15) is 11.5 Å². The molecule has 0 saturated carbocycles. The van der Waals surface area contributed by atoms with Crippen molar-refractivity contribution in [2.24, 2.45) is 0 Å². The highest BCUT2D eigenvalue weighted by molar-refractivity contribution is 9.10. The van der Waals surface area contributed by atoms with Crippen molar-refractivity contribution >= 4 is 31.9 Å². The minimum absolute atomic E-state index is 0.00274. The Bertz CT molecular complexity index is 566. The van der Waals surface area contributed by atoms with Crippen LogP contribution in [0, 0.1) is 0 Å². The topological polar surface area (TPSA) is 26.0 Å². The van der Waals surface area contributed by atoms with E-state index in [1.165, 1.54) is 6.07 Å². The third-order valence-corrected chi connectivity index (χ3v) is 3.50. The van der Waals surface area contributed by atoms with Crippen LogP contribution in [0.2, 0.25) is 0 Å². The van der Waals surface area contributed by atoms with E-state index in [0.717, 1.165) is 6.07 Å². The van der Waals surface area contributed by atoms with Crippen LogP contribution in [0.3, 0.4) is 0 Å². The number of aromatic nitrogens is 1. The van der Waals surface area contributed by atoms with Crippen molar-refractivity contribution in [2.75, 3.05) is 0 Å². The normalized spacial score (nSPS) is 11.8. The average molecular weight is 385 g/mol. The van der Waals surface area contributed by atoms with Gasteiger partial charge in [-0.15, -0.1) is 0 Å². The molecule has 0 radical (unpaired) electrons. The van der Waals surface area contributed by atoms with Gasteiger partial charge in [-0.25, -0.2) is 0 Å². The van der Waals surface area contributed by atoms with Crippen LogP contribution in [0.5, 0.6) is 0 Å². The molecule has 1 aromatic carbocycles. The lowest BCUT2D eigenvalue weighted by Gasteiger charge is -2.09. The van der Waals surface area contributed by atoms with Crippen molar-refractivity contribution in [3.63, 3.8) is 0 Å². The average Bonchev–Trinajstić information content (AvgIpc) is 2.76. The lowest BCUT2D eigenvalue weighted by Crippen LogP contribution is -2.06. The van der Waals surface area contributed by atoms with Crippen molar-refractivity contribution < 1.29 is 17.7 Å². The maximum absolute atomic E-state index is 12.7. The third kappa shape index (κ3) is 2.77. The summed E-state index contributed by atoms with van der Waals surface area (Å²) in [6, 6.07) is 5.54. The van der Waals surface area contributed by atoms with Gasteiger partial charge >= 0.3 is 6.18 Å². The number of halogens is 5. The van der Waals surface area contributed by atoms with E-state index in [1.807, 2.05) is 0 Å². The van der Waals surface area contributed by atoms with Gasteiger partial charge in [0.2, 0.25) is 0 Å². The molecule has 1 aromatic heterocycles. The summed E-state index contributed by atoms with van der Waals surface area (Å²) < 4.78 is 43.1. The Hall–Kier alpha value is -0.820. The number of hydrogen-bond acceptors (Lipinski definition) is 2. The van der Waals surface area contributed by atoms with Crippen LogP contribution in [-0.4, -0.2) is 5.16 Å². The molecule has 1 heterocycles. The Morgan fingerprint density at radius 3 is 2.50 bits per heavy atom. The van der Waals surface area contributed by atoms with Crippen LogP contribution >= 0.6 is 31.9 Å². The Morgan fingerprint density at radius 2 is 1.94 bits per heavy atom. The number of benzene rings is 1. The molecule has 7 heteroatoms. The van der Waals surface area contributed by atoms with E-state index in [2.05, 4.69) is 37.0 Å². The highest BCUT2D eigenvalue weighted by Crippen LogP contribution is 2.37. The number of alkyl halides is 4. The first-order valence-electron chi connectivity index (χ1n) is 4.80. The summed E-state index contributed by atoms with van der Waals surface area (Å²) >= 11 is 6.07. The number of rotatable bonds is 2. The number of hydrogen-bond donors (Lipinski definition) is 0. The summed E-state index contributed by atoms with van der Waals surface area (Å²) in [7, 11) is 0. The van der Waals surface area contributed by atoms with Crippen LogP contribution in [0.1, 0.15) is 11.3 Å². The molecule has 2 nitrogen and oxygen atoms in total. The number of nitrogens with zero attached hydrogens (tertiary/aromatic N) is 1. The lowest BCUT2D eigenvalue weighted by molar-refractivity contribution is -0.138. The quantitative estimate of drug-likeness (QED) is 0.679. The first-order valence-corrected chi connectivity index (χ1v) is 6.72. The zero-order valence-electron chi connectivity index (χ0n) is 8.76. The molecule has 0 atom stereocenters. The summed E-state index contributed by atoms with van der Waals surface area (Å²) in [6.45, 7) is 0. The van der Waals surface area contributed by atoms with Gasteiger partial charge in [0.15, 0.2) is 0 Å². The fourth-order valence-corrected chi connectivity index (χ4v) is 2.15. The van der Waals surface area contributed by atoms with Crippen LogP contribution in [-0.2, 0) is 11.5 Å². The Kier molecular flexibility index (Phi) is 3.82. The predicted molar refractivity (Wildman–Crippen MR) is 67.3 cm³/mol. The molecule has 2 aromatic rings. The first-order chi connectivity index (χ1) is 8.41. The van der Waals surface area contributed by atoms with E-state index in [-0.39, 0.29) is 4.47 Å². The molecule has 0 aliphatic heterocycles. The summed E-state index contributed by atoms with van der Waals surface area (Å²) in [5.41, 5.74) is 0.00678. The van der Waals surface area contributed by atoms with Crippen LogP contribution in [0.25, 0.3) is 11.3 Å². The highest BCUT2D eigenvalue weighted by atomic mass is 79.9. The largest absolute Gasteiger partial charge is 0.417 e. The van der Waals surface area contributed by atoms with Crippen LogP contribution in [0.15, 0.2) is 33.3 Å². The van der Waals surface area contributed by atoms with Gasteiger partial charge in [0.25, 0.3) is 0 Å². The minimum atomic E-state index is -4.41. The molecule has 96 valence electrons. The smallest absolute Gasteiger partial charge is 0.360 e. The zero-order valence-corrected chi connectivity index (χ0v) is 11.9. The van der Waals surface area contributed by atoms with E-state index >= 15 is 0 Å². The van der Waals surface area contributed by atoms with E-state index in [9.17, 15) is 13.2 Å². The van der Waals surface area contributed by atoms with Gasteiger partial charge in [-0.05, 0) is 12.1 Å². The molecule has 0 bridgehead atoms. The molecule has 18 heavy (non-hydrogen) atoms. The maximum Gasteiger partial charge on any atom is 0.417 e. The van der Waals surface area contributed by atoms with Crippen LogP contribution < -0.4 is 0 Å². The fraction of sp³-hybridized carbons (Fsp3) is 0.182. The van der Waals surface area contributed by atoms with Crippen LogP contribution in [0.4, 0.5) is 13.2 Å². The van der Waals surface area contributed by atoms with Gasteiger partial charge in [0.05, 0.1) is 10.9 Å². The molecule has 0 N–H and O–H groups in total. The third-order valence-electron chi connectivity index (χ3n) is 2.26. The Labute approximate surface area is 117 Å². The molecule has 0 spiro atoms. The van der Waals surface area contributed by atoms with Crippen molar-refractivity contribution in [2.45, 2.75) is 11.5 Å². The molecule has 0 fully saturated rings. The Morgan fingerprint density at radius 1 is 1.22 bits per heavy atom. The summed E-state index contributed by atoms with van der Waals surface area (Å²) in [5.74, 6) is 0.557. The van der Waals surface area contributed by atoms with Crippen molar-refractivity contribution in [3.8, 4) is 11.3 Å². The summed E-state index contributed by atoms with van der Waals surface area (Å²) in [6.07, 6.45) is -4.41. The van der Waals surface area contributed by atoms with E-state index in [0.29, 0.717) is 22.3 Å². The zero-order chi connectivity index (χ0) is 13.3. The monoisotopic (exact) mass is 383 g/mol. The molecule has 0 aliphatic rings. The molecular weight excluding hydrogens is 379 g/mol. The van der Waals surface area contributed by atoms with Crippen molar-refractivity contribution in [3.05, 3.63) is 40.1 Å². The van der Waals surface area contributed by atoms with Crippen molar-refractivity contribution in [1.29, 1.82) is 0 Å². The predicted octanol–water partition coefficient (Wildman–Crippen LogP) is 5.02. The summed E-state index contributed by atoms with van der Waals surface area (Å²) in [4.78, 5) is 0. The second kappa shape index (κ2) is 5.05. The lowest BCUT2D eigenvalue weighted by atomic mass is 10.1. The second-order valence-electron chi connectivity index (χ2n) is 3.50. The van der Waals surface area contributed by atoms with Gasteiger partial charge in [-0.2, -0.15) is 13.2 Å². The fourth-order valence-electron chi connectivity index (χ4n) is 1.41. The minimum Gasteiger partial charge on any atom is -0.360 e. The van der Waals surface area contributed by atoms with Gasteiger partial charge in [-0.1, -0.05) is 43.1 Å². The van der Waals surface area contributed by atoms with E-state index in [4.69, 9.17) is 4.52 Å². The van der Waals surface area contributed by atoms with Gasteiger partial charge in [0, 0.05) is 16.1 Å². The molecule has 0 aliphatic carbocycles. The summed E-state index contributed by atoms with van der Waals surface area (Å²) in [5, 5.41) is 4.18. The van der Waals surface area contributed by atoms with E-state index < -0.39 is 11.7 Å². The SMILES string of the molecule is FC(F)(F)c1cc(-c2cc(CBr)on2)ccc1Br. The van der Waals surface area contributed by atoms with E-state index in [1.54, 1.807) is 12.1 Å². The Balaban J connectivity index is 2.47. The maximum atomic E-state index is 12.7. The van der Waals surface area contributed by atoms with Gasteiger partial charge in [-0.3, -0.25) is 0 Å². The molecule has 0 amide bonds. The standard InChI is InChI=1S/C11H6Br2F3NO/c12-5-7-4-10(17-18-7)6-1-2-9(13)8(3-6)11(14,15)16/h1-4H,5H2. The molecule has 2 rings (SSSR count). The first kappa shape index (κ1) is 13.6. The molecular formula is C11H6Br2F3NO. The second-order valence-corrected chi connectivity index (χ2v) is 4.92. The van der Waals surface area contributed by atoms with Gasteiger partial charge < -0.3 is 4.52 Å². The molecule has 0 unspecified atom stereocenters. The molecule has 0 saturated heterocycles. The highest BCUT2D eigenvalue weighted by Gasteiger charge is 2.33.